The number of benzene rings is 1. The maximum atomic E-state index is 13.0. The highest BCUT2D eigenvalue weighted by molar-refractivity contribution is 7.14. The van der Waals surface area contributed by atoms with Crippen molar-refractivity contribution in [2.75, 3.05) is 51.8 Å². The Morgan fingerprint density at radius 2 is 1.95 bits per heavy atom. The normalized spacial score (nSPS) is 23.1. The lowest BCUT2D eigenvalue weighted by atomic mass is 9.83. The number of anilines is 1. The third-order valence-electron chi connectivity index (χ3n) is 8.27. The fraction of sp³-hybridized carbons (Fsp3) is 0.655. The highest BCUT2D eigenvalue weighted by atomic mass is 32.1. The Bertz CT molecular complexity index is 1060. The van der Waals surface area contributed by atoms with Gasteiger partial charge in [-0.05, 0) is 69.1 Å². The van der Waals surface area contributed by atoms with Gasteiger partial charge in [-0.2, -0.15) is 0 Å². The van der Waals surface area contributed by atoms with E-state index in [1.807, 2.05) is 10.3 Å². The fourth-order valence-corrected chi connectivity index (χ4v) is 6.95. The Balaban J connectivity index is 1.16. The molecule has 2 aromatic rings. The number of nitrogens with zero attached hydrogens (tertiary/aromatic N) is 3. The monoisotopic (exact) mass is 526 g/mol. The minimum Gasteiger partial charge on any atom is -0.496 e. The first-order valence-corrected chi connectivity index (χ1v) is 14.8. The second kappa shape index (κ2) is 11.7. The molecular weight excluding hydrogens is 484 g/mol. The van der Waals surface area contributed by atoms with Crippen LogP contribution in [0.15, 0.2) is 23.6 Å². The predicted octanol–water partition coefficient (Wildman–Crippen LogP) is 6.22. The van der Waals surface area contributed by atoms with Gasteiger partial charge in [-0.1, -0.05) is 25.3 Å². The maximum Gasteiger partial charge on any atom is 0.323 e. The molecule has 0 bridgehead atoms. The number of nitrogens with one attached hydrogen (secondary N) is 1. The van der Waals surface area contributed by atoms with E-state index < -0.39 is 0 Å². The van der Waals surface area contributed by atoms with E-state index in [0.29, 0.717) is 17.0 Å². The molecule has 0 spiro atoms. The third-order valence-corrected chi connectivity index (χ3v) is 9.03. The molecule has 1 aromatic heterocycles. The van der Waals surface area contributed by atoms with Crippen LogP contribution in [0.5, 0.6) is 5.75 Å². The van der Waals surface area contributed by atoms with Crippen molar-refractivity contribution in [2.45, 2.75) is 70.3 Å². The average Bonchev–Trinajstić information content (AvgIpc) is 3.37. The topological polar surface area (TPSA) is 66.9 Å². The number of hydrogen-bond donors (Lipinski definition) is 1. The summed E-state index contributed by atoms with van der Waals surface area (Å²) in [5, 5.41) is 5.70. The molecule has 1 aromatic carbocycles. The lowest BCUT2D eigenvalue weighted by Gasteiger charge is -2.40. The molecule has 1 atom stereocenters. The van der Waals surface area contributed by atoms with Crippen LogP contribution >= 0.6 is 11.3 Å². The van der Waals surface area contributed by atoms with Crippen molar-refractivity contribution in [1.29, 1.82) is 0 Å². The average molecular weight is 527 g/mol. The van der Waals surface area contributed by atoms with Gasteiger partial charge in [-0.25, -0.2) is 9.78 Å². The van der Waals surface area contributed by atoms with Crippen molar-refractivity contribution in [3.8, 4) is 17.0 Å². The number of carbonyl (C=O) groups is 1. The SMILES string of the molecule is COc1ccc(C2CCCCC2)cc1-c1csc(NC(=O)N2CCN(CC3CCOC(C)(C)C3)CC2)n1. The standard InChI is InChI=1S/C29H42N4O3S/c1-29(2)18-21(11-16-36-29)19-32-12-14-33(15-13-32)28(34)31-27-30-25(20-37-27)24-17-23(9-10-26(24)35-3)22-7-5-4-6-8-22/h9-10,17,20-22H,4-8,11-16,18-19H2,1-3H3,(H,30,31,34). The Hall–Kier alpha value is -2.16. The molecule has 2 saturated heterocycles. The number of urea groups is 1. The minimum atomic E-state index is -0.0596. The molecule has 8 heteroatoms. The van der Waals surface area contributed by atoms with Gasteiger partial charge in [0.1, 0.15) is 5.75 Å². The van der Waals surface area contributed by atoms with Crippen molar-refractivity contribution in [3.63, 3.8) is 0 Å². The van der Waals surface area contributed by atoms with Crippen molar-refractivity contribution in [1.82, 2.24) is 14.8 Å². The molecule has 202 valence electrons. The lowest BCUT2D eigenvalue weighted by molar-refractivity contribution is -0.0777. The van der Waals surface area contributed by atoms with E-state index in [2.05, 4.69) is 42.3 Å². The van der Waals surface area contributed by atoms with E-state index in [9.17, 15) is 4.79 Å². The van der Waals surface area contributed by atoms with Crippen LogP contribution in [-0.4, -0.2) is 72.9 Å². The molecule has 2 amide bonds. The van der Waals surface area contributed by atoms with Crippen LogP contribution in [-0.2, 0) is 4.74 Å². The van der Waals surface area contributed by atoms with Crippen LogP contribution in [0.2, 0.25) is 0 Å². The van der Waals surface area contributed by atoms with Crippen molar-refractivity contribution in [2.24, 2.45) is 5.92 Å². The number of thiazole rings is 1. The number of piperazine rings is 1. The minimum absolute atomic E-state index is 0.0155. The van der Waals surface area contributed by atoms with Crippen LogP contribution in [0.3, 0.4) is 0 Å². The largest absolute Gasteiger partial charge is 0.496 e. The fourth-order valence-electron chi connectivity index (χ4n) is 6.25. The smallest absolute Gasteiger partial charge is 0.323 e. The molecule has 2 aliphatic heterocycles. The van der Waals surface area contributed by atoms with Crippen LogP contribution in [0.1, 0.15) is 70.3 Å². The van der Waals surface area contributed by atoms with Crippen LogP contribution in [0.4, 0.5) is 9.93 Å². The number of amides is 2. The quantitative estimate of drug-likeness (QED) is 0.484. The first kappa shape index (κ1) is 26.4. The summed E-state index contributed by atoms with van der Waals surface area (Å²) in [6.07, 6.45) is 8.70. The van der Waals surface area contributed by atoms with Crippen molar-refractivity contribution in [3.05, 3.63) is 29.1 Å². The van der Waals surface area contributed by atoms with Gasteiger partial charge in [0, 0.05) is 50.3 Å². The highest BCUT2D eigenvalue weighted by Gasteiger charge is 2.31. The van der Waals surface area contributed by atoms with Gasteiger partial charge in [0.2, 0.25) is 0 Å². The number of ether oxygens (including phenoxy) is 2. The number of aromatic nitrogens is 1. The second-order valence-corrected chi connectivity index (χ2v) is 12.4. The molecule has 1 N–H and O–H groups in total. The van der Waals surface area contributed by atoms with E-state index in [4.69, 9.17) is 14.5 Å². The summed E-state index contributed by atoms with van der Waals surface area (Å²) in [6.45, 7) is 9.65. The van der Waals surface area contributed by atoms with Gasteiger partial charge in [-0.15, -0.1) is 11.3 Å². The van der Waals surface area contributed by atoms with E-state index >= 15 is 0 Å². The molecule has 1 saturated carbocycles. The molecule has 3 heterocycles. The molecule has 3 fully saturated rings. The Morgan fingerprint density at radius 3 is 2.68 bits per heavy atom. The Kier molecular flexibility index (Phi) is 8.37. The lowest BCUT2D eigenvalue weighted by Crippen LogP contribution is -2.51. The number of carbonyl (C=O) groups excluding carboxylic acids is 1. The summed E-state index contributed by atoms with van der Waals surface area (Å²) >= 11 is 1.47. The third kappa shape index (κ3) is 6.65. The molecule has 37 heavy (non-hydrogen) atoms. The zero-order valence-corrected chi connectivity index (χ0v) is 23.4. The van der Waals surface area contributed by atoms with Gasteiger partial charge in [0.15, 0.2) is 5.13 Å². The molecular formula is C29H42N4O3S. The number of rotatable bonds is 6. The molecule has 0 radical (unpaired) electrons. The maximum absolute atomic E-state index is 13.0. The van der Waals surface area contributed by atoms with E-state index in [0.717, 1.165) is 69.2 Å². The van der Waals surface area contributed by atoms with E-state index in [1.54, 1.807) is 7.11 Å². The van der Waals surface area contributed by atoms with Crippen molar-refractivity contribution >= 4 is 22.5 Å². The van der Waals surface area contributed by atoms with Gasteiger partial charge >= 0.3 is 6.03 Å². The molecule has 3 aliphatic rings. The Labute approximate surface area is 225 Å². The van der Waals surface area contributed by atoms with Gasteiger partial charge in [-0.3, -0.25) is 10.2 Å². The first-order chi connectivity index (χ1) is 17.9. The van der Waals surface area contributed by atoms with Gasteiger partial charge in [0.25, 0.3) is 0 Å². The summed E-state index contributed by atoms with van der Waals surface area (Å²) in [4.78, 5) is 22.2. The molecule has 1 unspecified atom stereocenters. The summed E-state index contributed by atoms with van der Waals surface area (Å²) in [7, 11) is 1.71. The number of methoxy groups -OCH3 is 1. The molecule has 5 rings (SSSR count). The zero-order valence-electron chi connectivity index (χ0n) is 22.6. The summed E-state index contributed by atoms with van der Waals surface area (Å²) < 4.78 is 11.5. The Morgan fingerprint density at radius 1 is 1.16 bits per heavy atom. The summed E-state index contributed by atoms with van der Waals surface area (Å²) in [5.74, 6) is 2.12. The predicted molar refractivity (Wildman–Crippen MR) is 150 cm³/mol. The first-order valence-electron chi connectivity index (χ1n) is 14.0. The van der Waals surface area contributed by atoms with Gasteiger partial charge in [0.05, 0.1) is 18.4 Å². The molecule has 7 nitrogen and oxygen atoms in total. The van der Waals surface area contributed by atoms with E-state index in [1.165, 1.54) is 49.0 Å². The zero-order chi connectivity index (χ0) is 25.8. The summed E-state index contributed by atoms with van der Waals surface area (Å²) in [5.41, 5.74) is 3.22. The second-order valence-electron chi connectivity index (χ2n) is 11.5. The van der Waals surface area contributed by atoms with Crippen LogP contribution < -0.4 is 10.1 Å². The van der Waals surface area contributed by atoms with Crippen LogP contribution in [0, 0.1) is 5.92 Å². The van der Waals surface area contributed by atoms with Crippen molar-refractivity contribution < 1.29 is 14.3 Å². The van der Waals surface area contributed by atoms with Crippen LogP contribution in [0.25, 0.3) is 11.3 Å². The highest BCUT2D eigenvalue weighted by Crippen LogP contribution is 2.39. The number of hydrogen-bond acceptors (Lipinski definition) is 6. The summed E-state index contributed by atoms with van der Waals surface area (Å²) in [6, 6.07) is 6.46. The molecule has 1 aliphatic carbocycles. The van der Waals surface area contributed by atoms with Gasteiger partial charge < -0.3 is 14.4 Å². The van der Waals surface area contributed by atoms with E-state index in [-0.39, 0.29) is 11.6 Å².